The Bertz CT molecular complexity index is 72.8. The molecule has 10 heavy (non-hydrogen) atoms. The summed E-state index contributed by atoms with van der Waals surface area (Å²) < 4.78 is 0. The summed E-state index contributed by atoms with van der Waals surface area (Å²) in [6, 6.07) is 0. The zero-order valence-corrected chi connectivity index (χ0v) is 7.83. The van der Waals surface area contributed by atoms with Gasteiger partial charge in [-0.15, -0.1) is 0 Å². The van der Waals surface area contributed by atoms with E-state index in [1.54, 1.807) is 0 Å². The summed E-state index contributed by atoms with van der Waals surface area (Å²) >= 11 is 0. The molecule has 62 valence electrons. The highest BCUT2D eigenvalue weighted by atomic mass is 14.9. The molecule has 1 heteroatoms. The second-order valence-corrected chi connectivity index (χ2v) is 3.31. The predicted molar refractivity (Wildman–Crippen MR) is 47.3 cm³/mol. The van der Waals surface area contributed by atoms with E-state index in [1.807, 2.05) is 0 Å². The molecule has 0 spiro atoms. The highest BCUT2D eigenvalue weighted by molar-refractivity contribution is 4.79. The van der Waals surface area contributed by atoms with E-state index in [-0.39, 0.29) is 0 Å². The lowest BCUT2D eigenvalue weighted by Gasteiger charge is -2.28. The third kappa shape index (κ3) is 3.21. The molecule has 0 aliphatic heterocycles. The monoisotopic (exact) mass is 143 g/mol. The Hall–Kier alpha value is -0.0400. The van der Waals surface area contributed by atoms with Crippen molar-refractivity contribution in [2.24, 2.45) is 0 Å². The lowest BCUT2D eigenvalue weighted by Crippen LogP contribution is -2.39. The minimum atomic E-state index is 0.392. The van der Waals surface area contributed by atoms with Gasteiger partial charge < -0.3 is 5.32 Å². The number of hydrogen-bond donors (Lipinski definition) is 1. The Labute approximate surface area is 65.2 Å². The second-order valence-electron chi connectivity index (χ2n) is 3.31. The maximum atomic E-state index is 3.38. The molecule has 1 nitrogen and oxygen atoms in total. The van der Waals surface area contributed by atoms with Gasteiger partial charge >= 0.3 is 0 Å². The van der Waals surface area contributed by atoms with Crippen LogP contribution in [0.25, 0.3) is 0 Å². The fourth-order valence-corrected chi connectivity index (χ4v) is 1.48. The van der Waals surface area contributed by atoms with Crippen LogP contribution in [-0.4, -0.2) is 12.6 Å². The molecule has 0 heterocycles. The Morgan fingerprint density at radius 1 is 1.10 bits per heavy atom. The molecule has 0 amide bonds. The van der Waals surface area contributed by atoms with Crippen molar-refractivity contribution < 1.29 is 0 Å². The molecule has 0 atom stereocenters. The lowest BCUT2D eigenvalue weighted by atomic mass is 9.91. The van der Waals surface area contributed by atoms with E-state index < -0.39 is 0 Å². The molecule has 0 aliphatic carbocycles. The van der Waals surface area contributed by atoms with Crippen LogP contribution in [0.1, 0.15) is 46.5 Å². The molecule has 1 N–H and O–H groups in total. The molecule has 0 aromatic carbocycles. The molecule has 0 aromatic rings. The van der Waals surface area contributed by atoms with E-state index in [1.165, 1.54) is 25.7 Å². The molecule has 0 rings (SSSR count). The largest absolute Gasteiger partial charge is 0.315 e. The van der Waals surface area contributed by atoms with Gasteiger partial charge in [0.2, 0.25) is 0 Å². The van der Waals surface area contributed by atoms with Crippen LogP contribution >= 0.6 is 0 Å². The third-order valence-electron chi connectivity index (χ3n) is 2.21. The summed E-state index contributed by atoms with van der Waals surface area (Å²) in [5.41, 5.74) is 0.392. The first-order chi connectivity index (χ1) is 4.68. The average molecular weight is 143 g/mol. The van der Waals surface area contributed by atoms with Gasteiger partial charge in [0.1, 0.15) is 0 Å². The van der Waals surface area contributed by atoms with Gasteiger partial charge in [0, 0.05) is 5.54 Å². The number of nitrogens with one attached hydrogen (secondary N) is 1. The molecule has 0 radical (unpaired) electrons. The summed E-state index contributed by atoms with van der Waals surface area (Å²) in [7, 11) is 2.06. The zero-order chi connectivity index (χ0) is 8.04. The van der Waals surface area contributed by atoms with Crippen LogP contribution in [-0.2, 0) is 0 Å². The van der Waals surface area contributed by atoms with Crippen LogP contribution in [0.5, 0.6) is 0 Å². The van der Waals surface area contributed by atoms with Crippen LogP contribution in [0.2, 0.25) is 0 Å². The molecular weight excluding hydrogens is 122 g/mol. The zero-order valence-electron chi connectivity index (χ0n) is 7.83. The van der Waals surface area contributed by atoms with Gasteiger partial charge in [0.25, 0.3) is 0 Å². The highest BCUT2D eigenvalue weighted by Gasteiger charge is 2.18. The smallest absolute Gasteiger partial charge is 0.0150 e. The van der Waals surface area contributed by atoms with E-state index in [9.17, 15) is 0 Å². The van der Waals surface area contributed by atoms with Gasteiger partial charge in [-0.2, -0.15) is 0 Å². The van der Waals surface area contributed by atoms with Crippen molar-refractivity contribution in [1.82, 2.24) is 5.32 Å². The maximum Gasteiger partial charge on any atom is 0.0150 e. The molecule has 0 saturated heterocycles. The molecular formula is C9H21N. The minimum absolute atomic E-state index is 0.392. The quantitative estimate of drug-likeness (QED) is 0.623. The molecule has 0 saturated carbocycles. The minimum Gasteiger partial charge on any atom is -0.315 e. The first-order valence-electron chi connectivity index (χ1n) is 4.37. The normalized spacial score (nSPS) is 12.0. The Morgan fingerprint density at radius 3 is 1.70 bits per heavy atom. The molecule has 0 unspecified atom stereocenters. The second kappa shape index (κ2) is 4.73. The van der Waals surface area contributed by atoms with Crippen molar-refractivity contribution in [3.8, 4) is 0 Å². The molecule has 0 bridgehead atoms. The van der Waals surface area contributed by atoms with Gasteiger partial charge in [-0.1, -0.05) is 26.7 Å². The predicted octanol–water partition coefficient (Wildman–Crippen LogP) is 2.56. The summed E-state index contributed by atoms with van der Waals surface area (Å²) in [6.45, 7) is 6.79. The van der Waals surface area contributed by atoms with Crippen molar-refractivity contribution >= 4 is 0 Å². The van der Waals surface area contributed by atoms with Crippen molar-refractivity contribution in [3.05, 3.63) is 0 Å². The lowest BCUT2D eigenvalue weighted by molar-refractivity contribution is 0.326. The van der Waals surface area contributed by atoms with Gasteiger partial charge in [-0.3, -0.25) is 0 Å². The molecule has 0 aromatic heterocycles. The van der Waals surface area contributed by atoms with Gasteiger partial charge in [0.05, 0.1) is 0 Å². The topological polar surface area (TPSA) is 12.0 Å². The van der Waals surface area contributed by atoms with Crippen LogP contribution in [0.3, 0.4) is 0 Å². The van der Waals surface area contributed by atoms with E-state index in [0.29, 0.717) is 5.54 Å². The van der Waals surface area contributed by atoms with Crippen molar-refractivity contribution in [2.75, 3.05) is 7.05 Å². The fraction of sp³-hybridized carbons (Fsp3) is 1.00. The van der Waals surface area contributed by atoms with Crippen LogP contribution in [0, 0.1) is 0 Å². The van der Waals surface area contributed by atoms with Crippen LogP contribution in [0.15, 0.2) is 0 Å². The third-order valence-corrected chi connectivity index (χ3v) is 2.21. The summed E-state index contributed by atoms with van der Waals surface area (Å²) in [4.78, 5) is 0. The number of hydrogen-bond acceptors (Lipinski definition) is 1. The Kier molecular flexibility index (Phi) is 4.71. The van der Waals surface area contributed by atoms with E-state index >= 15 is 0 Å². The maximum absolute atomic E-state index is 3.38. The van der Waals surface area contributed by atoms with E-state index in [4.69, 9.17) is 0 Å². The Morgan fingerprint density at radius 2 is 1.50 bits per heavy atom. The SMILES string of the molecule is CCCC(C)(CCC)NC. The highest BCUT2D eigenvalue weighted by Crippen LogP contribution is 2.17. The first kappa shape index (κ1) is 9.96. The van der Waals surface area contributed by atoms with Crippen molar-refractivity contribution in [1.29, 1.82) is 0 Å². The van der Waals surface area contributed by atoms with E-state index in [0.717, 1.165) is 0 Å². The average Bonchev–Trinajstić information content (AvgIpc) is 1.89. The van der Waals surface area contributed by atoms with Crippen LogP contribution < -0.4 is 5.32 Å². The molecule has 0 aliphatic rings. The standard InChI is InChI=1S/C9H21N/c1-5-7-9(3,10-4)8-6-2/h10H,5-8H2,1-4H3. The van der Waals surface area contributed by atoms with Crippen LogP contribution in [0.4, 0.5) is 0 Å². The Balaban J connectivity index is 3.69. The fourth-order valence-electron chi connectivity index (χ4n) is 1.48. The van der Waals surface area contributed by atoms with Gasteiger partial charge in [0.15, 0.2) is 0 Å². The summed E-state index contributed by atoms with van der Waals surface area (Å²) in [6.07, 6.45) is 5.13. The number of rotatable bonds is 5. The van der Waals surface area contributed by atoms with Crippen molar-refractivity contribution in [2.45, 2.75) is 52.0 Å². The summed E-state index contributed by atoms with van der Waals surface area (Å²) in [5.74, 6) is 0. The van der Waals surface area contributed by atoms with E-state index in [2.05, 4.69) is 33.1 Å². The molecule has 0 fully saturated rings. The first-order valence-corrected chi connectivity index (χ1v) is 4.37. The summed E-state index contributed by atoms with van der Waals surface area (Å²) in [5, 5.41) is 3.38. The van der Waals surface area contributed by atoms with Crippen molar-refractivity contribution in [3.63, 3.8) is 0 Å². The van der Waals surface area contributed by atoms with Gasteiger partial charge in [-0.05, 0) is 26.8 Å². The van der Waals surface area contributed by atoms with Gasteiger partial charge in [-0.25, -0.2) is 0 Å².